The molecule has 5 nitrogen and oxygen atoms in total. The lowest BCUT2D eigenvalue weighted by atomic mass is 10.2. The van der Waals surface area contributed by atoms with Crippen LogP contribution in [-0.2, 0) is 11.3 Å². The van der Waals surface area contributed by atoms with Crippen molar-refractivity contribution < 1.29 is 13.9 Å². The number of aromatic nitrogens is 1. The molecule has 0 bridgehead atoms. The quantitative estimate of drug-likeness (QED) is 0.657. The minimum atomic E-state index is -0.342. The Morgan fingerprint density at radius 2 is 1.87 bits per heavy atom. The number of rotatable bonds is 6. The van der Waals surface area contributed by atoms with Crippen molar-refractivity contribution in [1.29, 1.82) is 0 Å². The molecule has 0 spiro atoms. The fraction of sp³-hybridized carbons (Fsp3) is 0.278. The van der Waals surface area contributed by atoms with E-state index in [4.69, 9.17) is 13.9 Å². The number of fused-ring (bicyclic) bond motifs is 1. The molecule has 0 N–H and O–H groups in total. The summed E-state index contributed by atoms with van der Waals surface area (Å²) in [7, 11) is 1.64. The molecule has 0 atom stereocenters. The highest BCUT2D eigenvalue weighted by molar-refractivity contribution is 5.73. The molecule has 23 heavy (non-hydrogen) atoms. The van der Waals surface area contributed by atoms with Gasteiger partial charge in [-0.2, -0.15) is 0 Å². The lowest BCUT2D eigenvalue weighted by Crippen LogP contribution is -2.14. The molecule has 3 rings (SSSR count). The maximum Gasteiger partial charge on any atom is 0.420 e. The SMILES string of the molecule is COCCOc1ccc(Cn2c(=O)oc3ccc(C)cc32)cc1. The smallest absolute Gasteiger partial charge is 0.420 e. The van der Waals surface area contributed by atoms with Crippen molar-refractivity contribution in [2.75, 3.05) is 20.3 Å². The fourth-order valence-corrected chi connectivity index (χ4v) is 2.44. The van der Waals surface area contributed by atoms with Crippen molar-refractivity contribution in [2.45, 2.75) is 13.5 Å². The summed E-state index contributed by atoms with van der Waals surface area (Å²) in [6.07, 6.45) is 0. The van der Waals surface area contributed by atoms with Gasteiger partial charge in [0.15, 0.2) is 5.58 Å². The molecular formula is C18H19NO4. The van der Waals surface area contributed by atoms with Gasteiger partial charge in [0.1, 0.15) is 12.4 Å². The number of hydrogen-bond donors (Lipinski definition) is 0. The van der Waals surface area contributed by atoms with E-state index in [9.17, 15) is 4.79 Å². The van der Waals surface area contributed by atoms with Crippen LogP contribution in [0.5, 0.6) is 5.75 Å². The summed E-state index contributed by atoms with van der Waals surface area (Å²) in [4.78, 5) is 12.1. The first-order chi connectivity index (χ1) is 11.2. The van der Waals surface area contributed by atoms with Gasteiger partial charge >= 0.3 is 5.76 Å². The van der Waals surface area contributed by atoms with E-state index in [0.717, 1.165) is 22.4 Å². The number of methoxy groups -OCH3 is 1. The van der Waals surface area contributed by atoms with Crippen molar-refractivity contribution in [3.8, 4) is 5.75 Å². The Morgan fingerprint density at radius 1 is 1.09 bits per heavy atom. The Morgan fingerprint density at radius 3 is 2.61 bits per heavy atom. The molecule has 2 aromatic carbocycles. The van der Waals surface area contributed by atoms with Crippen LogP contribution in [0.4, 0.5) is 0 Å². The van der Waals surface area contributed by atoms with Crippen LogP contribution in [0.25, 0.3) is 11.1 Å². The molecule has 120 valence electrons. The van der Waals surface area contributed by atoms with Gasteiger partial charge in [-0.25, -0.2) is 4.79 Å². The lowest BCUT2D eigenvalue weighted by Gasteiger charge is -2.07. The van der Waals surface area contributed by atoms with Crippen LogP contribution < -0.4 is 10.5 Å². The Hall–Kier alpha value is -2.53. The van der Waals surface area contributed by atoms with Crippen LogP contribution in [0.3, 0.4) is 0 Å². The number of aryl methyl sites for hydroxylation is 1. The van der Waals surface area contributed by atoms with Gasteiger partial charge in [-0.3, -0.25) is 4.57 Å². The molecular weight excluding hydrogens is 294 g/mol. The first kappa shape index (κ1) is 15.4. The van der Waals surface area contributed by atoms with Crippen LogP contribution >= 0.6 is 0 Å². The van der Waals surface area contributed by atoms with Crippen molar-refractivity contribution in [1.82, 2.24) is 4.57 Å². The van der Waals surface area contributed by atoms with Gasteiger partial charge in [-0.05, 0) is 42.3 Å². The van der Waals surface area contributed by atoms with Gasteiger partial charge in [-0.1, -0.05) is 18.2 Å². The van der Waals surface area contributed by atoms with Crippen LogP contribution in [-0.4, -0.2) is 24.9 Å². The van der Waals surface area contributed by atoms with Crippen LogP contribution in [0.15, 0.2) is 51.7 Å². The molecule has 0 radical (unpaired) electrons. The lowest BCUT2D eigenvalue weighted by molar-refractivity contribution is 0.146. The van der Waals surface area contributed by atoms with Crippen molar-refractivity contribution in [2.24, 2.45) is 0 Å². The van der Waals surface area contributed by atoms with E-state index >= 15 is 0 Å². The molecule has 0 aliphatic carbocycles. The summed E-state index contributed by atoms with van der Waals surface area (Å²) in [6.45, 7) is 3.53. The number of hydrogen-bond acceptors (Lipinski definition) is 4. The fourth-order valence-electron chi connectivity index (χ4n) is 2.44. The topological polar surface area (TPSA) is 53.6 Å². The number of oxazole rings is 1. The summed E-state index contributed by atoms with van der Waals surface area (Å²) in [5.74, 6) is 0.442. The molecule has 0 aliphatic rings. The van der Waals surface area contributed by atoms with E-state index in [1.807, 2.05) is 49.4 Å². The predicted molar refractivity (Wildman–Crippen MR) is 88.1 cm³/mol. The van der Waals surface area contributed by atoms with E-state index in [2.05, 4.69) is 0 Å². The molecule has 0 aliphatic heterocycles. The molecule has 1 aromatic heterocycles. The maximum atomic E-state index is 12.1. The van der Waals surface area contributed by atoms with E-state index in [0.29, 0.717) is 25.3 Å². The maximum absolute atomic E-state index is 12.1. The summed E-state index contributed by atoms with van der Waals surface area (Å²) in [5.41, 5.74) is 3.53. The molecule has 0 saturated heterocycles. The Balaban J connectivity index is 1.80. The third kappa shape index (κ3) is 3.46. The summed E-state index contributed by atoms with van der Waals surface area (Å²) < 4.78 is 17.4. The van der Waals surface area contributed by atoms with Gasteiger partial charge in [-0.15, -0.1) is 0 Å². The highest BCUT2D eigenvalue weighted by Crippen LogP contribution is 2.17. The first-order valence-corrected chi connectivity index (χ1v) is 7.48. The van der Waals surface area contributed by atoms with E-state index in [1.54, 1.807) is 11.7 Å². The van der Waals surface area contributed by atoms with Crippen LogP contribution in [0.1, 0.15) is 11.1 Å². The zero-order chi connectivity index (χ0) is 16.2. The Kier molecular flexibility index (Phi) is 4.48. The highest BCUT2D eigenvalue weighted by atomic mass is 16.5. The van der Waals surface area contributed by atoms with Gasteiger partial charge in [0.05, 0.1) is 18.7 Å². The normalized spacial score (nSPS) is 11.0. The summed E-state index contributed by atoms with van der Waals surface area (Å²) >= 11 is 0. The Bertz CT molecular complexity index is 846. The first-order valence-electron chi connectivity index (χ1n) is 7.48. The van der Waals surface area contributed by atoms with Crippen molar-refractivity contribution >= 4 is 11.1 Å². The highest BCUT2D eigenvalue weighted by Gasteiger charge is 2.09. The predicted octanol–water partition coefficient (Wildman–Crippen LogP) is 2.98. The van der Waals surface area contributed by atoms with E-state index in [-0.39, 0.29) is 5.76 Å². The molecule has 0 saturated carbocycles. The molecule has 0 unspecified atom stereocenters. The molecule has 0 amide bonds. The second-order valence-corrected chi connectivity index (χ2v) is 5.41. The zero-order valence-electron chi connectivity index (χ0n) is 13.2. The van der Waals surface area contributed by atoms with Gasteiger partial charge in [0, 0.05) is 7.11 Å². The molecule has 3 aromatic rings. The average molecular weight is 313 g/mol. The van der Waals surface area contributed by atoms with Gasteiger partial charge in [0.25, 0.3) is 0 Å². The summed E-state index contributed by atoms with van der Waals surface area (Å²) in [5, 5.41) is 0. The monoisotopic (exact) mass is 313 g/mol. The largest absolute Gasteiger partial charge is 0.491 e. The molecule has 0 fully saturated rings. The van der Waals surface area contributed by atoms with Crippen molar-refractivity contribution in [3.05, 3.63) is 64.1 Å². The van der Waals surface area contributed by atoms with Gasteiger partial charge < -0.3 is 13.9 Å². The summed E-state index contributed by atoms with van der Waals surface area (Å²) in [6, 6.07) is 13.4. The minimum Gasteiger partial charge on any atom is -0.491 e. The minimum absolute atomic E-state index is 0.342. The molecule has 5 heteroatoms. The zero-order valence-corrected chi connectivity index (χ0v) is 13.2. The second-order valence-electron chi connectivity index (χ2n) is 5.41. The van der Waals surface area contributed by atoms with Gasteiger partial charge in [0.2, 0.25) is 0 Å². The van der Waals surface area contributed by atoms with E-state index < -0.39 is 0 Å². The third-order valence-corrected chi connectivity index (χ3v) is 3.64. The number of ether oxygens (including phenoxy) is 2. The van der Waals surface area contributed by atoms with Crippen LogP contribution in [0, 0.1) is 6.92 Å². The molecule has 1 heterocycles. The Labute approximate surface area is 134 Å². The number of benzene rings is 2. The average Bonchev–Trinajstić information content (AvgIpc) is 2.85. The number of nitrogens with zero attached hydrogens (tertiary/aromatic N) is 1. The standard InChI is InChI=1S/C18H19NO4/c1-13-3-8-17-16(11-13)19(18(20)23-17)12-14-4-6-15(7-5-14)22-10-9-21-2/h3-8,11H,9-10,12H2,1-2H3. The van der Waals surface area contributed by atoms with Crippen molar-refractivity contribution in [3.63, 3.8) is 0 Å². The van der Waals surface area contributed by atoms with Crippen LogP contribution in [0.2, 0.25) is 0 Å². The van der Waals surface area contributed by atoms with E-state index in [1.165, 1.54) is 0 Å². The third-order valence-electron chi connectivity index (χ3n) is 3.64. The second kappa shape index (κ2) is 6.71.